The highest BCUT2D eigenvalue weighted by molar-refractivity contribution is 6.14. The van der Waals surface area contributed by atoms with Gasteiger partial charge in [0.1, 0.15) is 18.8 Å². The van der Waals surface area contributed by atoms with Crippen LogP contribution in [0, 0.1) is 13.8 Å². The number of benzene rings is 2. The third-order valence-corrected chi connectivity index (χ3v) is 6.11. The number of allylic oxidation sites excluding steroid dienone is 2. The summed E-state index contributed by atoms with van der Waals surface area (Å²) in [6.45, 7) is 7.64. The van der Waals surface area contributed by atoms with Gasteiger partial charge in [0.25, 0.3) is 0 Å². The van der Waals surface area contributed by atoms with E-state index in [4.69, 9.17) is 37.9 Å². The molecule has 2 rings (SSSR count). The van der Waals surface area contributed by atoms with Crippen LogP contribution in [0.5, 0.6) is 0 Å². The lowest BCUT2D eigenvalue weighted by molar-refractivity contribution is -0.148. The molecule has 0 radical (unpaired) electrons. The molecule has 242 valence electrons. The van der Waals surface area contributed by atoms with Crippen molar-refractivity contribution in [2.75, 3.05) is 93.5 Å². The van der Waals surface area contributed by atoms with Gasteiger partial charge < -0.3 is 37.9 Å². The number of carbonyl (C=O) groups is 2. The second-order valence-electron chi connectivity index (χ2n) is 9.60. The Morgan fingerprint density at radius 1 is 0.500 bits per heavy atom. The Hall–Kier alpha value is -3.38. The molecule has 0 atom stereocenters. The van der Waals surface area contributed by atoms with E-state index in [0.717, 1.165) is 27.8 Å². The van der Waals surface area contributed by atoms with Crippen LogP contribution in [0.3, 0.4) is 0 Å². The number of ether oxygens (including phenoxy) is 8. The van der Waals surface area contributed by atoms with Crippen LogP contribution in [0.25, 0.3) is 5.57 Å². The van der Waals surface area contributed by atoms with Crippen LogP contribution in [-0.4, -0.2) is 105 Å². The summed E-state index contributed by atoms with van der Waals surface area (Å²) in [7, 11) is 3.20. The molecular formula is C34H46O10. The third-order valence-electron chi connectivity index (χ3n) is 6.11. The number of hydrogen-bond acceptors (Lipinski definition) is 10. The van der Waals surface area contributed by atoms with Crippen LogP contribution in [0.4, 0.5) is 0 Å². The van der Waals surface area contributed by atoms with Gasteiger partial charge in [-0.1, -0.05) is 65.7 Å². The van der Waals surface area contributed by atoms with Crippen LogP contribution >= 0.6 is 0 Å². The van der Waals surface area contributed by atoms with E-state index in [-0.39, 0.29) is 32.0 Å². The number of aryl methyl sites for hydroxylation is 2. The largest absolute Gasteiger partial charge is 0.459 e. The Bertz CT molecular complexity index is 1060. The molecule has 2 aromatic rings. The van der Waals surface area contributed by atoms with E-state index in [0.29, 0.717) is 52.9 Å². The van der Waals surface area contributed by atoms with Crippen molar-refractivity contribution >= 4 is 17.5 Å². The number of carbonyl (C=O) groups excluding carboxylic acids is 2. The molecule has 10 heteroatoms. The Kier molecular flexibility index (Phi) is 19.3. The first-order chi connectivity index (χ1) is 21.5. The summed E-state index contributed by atoms with van der Waals surface area (Å²) in [5, 5.41) is 0. The first kappa shape index (κ1) is 36.8. The molecule has 0 spiro atoms. The minimum absolute atomic E-state index is 0.0415. The number of methoxy groups -OCH3 is 2. The zero-order chi connectivity index (χ0) is 31.8. The molecule has 0 unspecified atom stereocenters. The minimum Gasteiger partial charge on any atom is -0.459 e. The number of hydrogen-bond donors (Lipinski definition) is 0. The van der Waals surface area contributed by atoms with Crippen molar-refractivity contribution < 1.29 is 47.5 Å². The second kappa shape index (κ2) is 23.1. The molecule has 2 aromatic carbocycles. The lowest BCUT2D eigenvalue weighted by Gasteiger charge is -2.11. The van der Waals surface area contributed by atoms with Gasteiger partial charge in [-0.25, -0.2) is 9.59 Å². The minimum atomic E-state index is -0.814. The molecule has 44 heavy (non-hydrogen) atoms. The standard InChI is InChI=1S/C34H46O10/c1-27-5-9-29(10-6-27)31(30-11-7-28(2)8-12-30)13-14-32(33(35)43-25-23-41-21-19-39-17-15-37-3)34(36)44-26-24-42-22-20-40-18-16-38-4/h5-14H,15-26H2,1-4H3. The van der Waals surface area contributed by atoms with E-state index < -0.39 is 11.9 Å². The highest BCUT2D eigenvalue weighted by Gasteiger charge is 2.21. The van der Waals surface area contributed by atoms with E-state index >= 15 is 0 Å². The molecule has 0 aromatic heterocycles. The van der Waals surface area contributed by atoms with Crippen LogP contribution in [0.15, 0.2) is 66.3 Å². The van der Waals surface area contributed by atoms with E-state index in [1.807, 2.05) is 62.4 Å². The summed E-state index contributed by atoms with van der Waals surface area (Å²) >= 11 is 0. The van der Waals surface area contributed by atoms with Crippen LogP contribution < -0.4 is 0 Å². The van der Waals surface area contributed by atoms with Gasteiger partial charge in [0.15, 0.2) is 0 Å². The van der Waals surface area contributed by atoms with Gasteiger partial charge in [-0.3, -0.25) is 0 Å². The van der Waals surface area contributed by atoms with Crippen LogP contribution in [0.1, 0.15) is 22.3 Å². The Morgan fingerprint density at radius 3 is 1.20 bits per heavy atom. The maximum absolute atomic E-state index is 13.1. The highest BCUT2D eigenvalue weighted by Crippen LogP contribution is 2.25. The van der Waals surface area contributed by atoms with Crippen molar-refractivity contribution in [1.82, 2.24) is 0 Å². The van der Waals surface area contributed by atoms with Gasteiger partial charge in [0.2, 0.25) is 0 Å². The van der Waals surface area contributed by atoms with E-state index in [1.54, 1.807) is 20.3 Å². The molecule has 10 nitrogen and oxygen atoms in total. The fraction of sp³-hybridized carbons (Fsp3) is 0.471. The first-order valence-electron chi connectivity index (χ1n) is 14.7. The monoisotopic (exact) mass is 614 g/mol. The molecule has 0 aliphatic heterocycles. The molecule has 0 amide bonds. The third kappa shape index (κ3) is 15.4. The maximum Gasteiger partial charge on any atom is 0.345 e. The maximum atomic E-state index is 13.1. The van der Waals surface area contributed by atoms with Crippen molar-refractivity contribution in [2.24, 2.45) is 0 Å². The number of esters is 2. The van der Waals surface area contributed by atoms with Crippen LogP contribution in [-0.2, 0) is 47.5 Å². The predicted octanol–water partition coefficient (Wildman–Crippen LogP) is 4.11. The smallest absolute Gasteiger partial charge is 0.345 e. The fourth-order valence-corrected chi connectivity index (χ4v) is 3.68. The zero-order valence-corrected chi connectivity index (χ0v) is 26.3. The van der Waals surface area contributed by atoms with Crippen molar-refractivity contribution in [3.8, 4) is 0 Å². The Balaban J connectivity index is 2.10. The quantitative estimate of drug-likeness (QED) is 0.0453. The lowest BCUT2D eigenvalue weighted by Crippen LogP contribution is -2.22. The lowest BCUT2D eigenvalue weighted by atomic mass is 9.95. The van der Waals surface area contributed by atoms with E-state index in [1.165, 1.54) is 6.08 Å². The molecule has 0 aliphatic carbocycles. The van der Waals surface area contributed by atoms with Gasteiger partial charge in [-0.05, 0) is 36.6 Å². The summed E-state index contributed by atoms with van der Waals surface area (Å²) in [4.78, 5) is 26.1. The molecule has 0 N–H and O–H groups in total. The molecule has 0 fully saturated rings. The number of rotatable bonds is 23. The molecule has 0 bridgehead atoms. The van der Waals surface area contributed by atoms with Gasteiger partial charge in [-0.15, -0.1) is 0 Å². The highest BCUT2D eigenvalue weighted by atomic mass is 16.6. The van der Waals surface area contributed by atoms with Crippen LogP contribution in [0.2, 0.25) is 0 Å². The summed E-state index contributed by atoms with van der Waals surface area (Å²) in [5.41, 5.74) is 4.68. The fourth-order valence-electron chi connectivity index (χ4n) is 3.68. The summed E-state index contributed by atoms with van der Waals surface area (Å²) in [6.07, 6.45) is 3.17. The van der Waals surface area contributed by atoms with Gasteiger partial charge in [-0.2, -0.15) is 0 Å². The van der Waals surface area contributed by atoms with Gasteiger partial charge in [0, 0.05) is 14.2 Å². The van der Waals surface area contributed by atoms with E-state index in [2.05, 4.69) is 0 Å². The van der Waals surface area contributed by atoms with Crippen molar-refractivity contribution in [2.45, 2.75) is 13.8 Å². The molecule has 0 aliphatic rings. The average Bonchev–Trinajstić information content (AvgIpc) is 3.02. The molecule has 0 saturated heterocycles. The summed E-state index contributed by atoms with van der Waals surface area (Å²) in [6, 6.07) is 16.0. The summed E-state index contributed by atoms with van der Waals surface area (Å²) < 4.78 is 42.1. The normalized spacial score (nSPS) is 10.7. The van der Waals surface area contributed by atoms with Gasteiger partial charge >= 0.3 is 11.9 Å². The molecule has 0 heterocycles. The van der Waals surface area contributed by atoms with E-state index in [9.17, 15) is 9.59 Å². The predicted molar refractivity (Wildman–Crippen MR) is 166 cm³/mol. The average molecular weight is 615 g/mol. The van der Waals surface area contributed by atoms with Gasteiger partial charge in [0.05, 0.1) is 66.1 Å². The molecular weight excluding hydrogens is 568 g/mol. The van der Waals surface area contributed by atoms with Crippen molar-refractivity contribution in [3.05, 3.63) is 88.5 Å². The Morgan fingerprint density at radius 2 is 0.841 bits per heavy atom. The Labute approximate surface area is 260 Å². The molecule has 0 saturated carbocycles. The van der Waals surface area contributed by atoms with Crippen molar-refractivity contribution in [1.29, 1.82) is 0 Å². The second-order valence-corrected chi connectivity index (χ2v) is 9.60. The first-order valence-corrected chi connectivity index (χ1v) is 14.7. The SMILES string of the molecule is COCCOCCOCCOC(=O)C(=CC=C(c1ccc(C)cc1)c1ccc(C)cc1)C(=O)OCCOCCOCCOC. The topological polar surface area (TPSA) is 108 Å². The summed E-state index contributed by atoms with van der Waals surface area (Å²) in [5.74, 6) is -1.63. The van der Waals surface area contributed by atoms with Crippen molar-refractivity contribution in [3.63, 3.8) is 0 Å². The zero-order valence-electron chi connectivity index (χ0n) is 26.3.